The van der Waals surface area contributed by atoms with Gasteiger partial charge in [-0.15, -0.1) is 0 Å². The maximum absolute atomic E-state index is 2.45. The summed E-state index contributed by atoms with van der Waals surface area (Å²) in [6.45, 7) is 13.5. The molecular weight excluding hydrogens is 559 g/mol. The molecule has 35 heavy (non-hydrogen) atoms. The van der Waals surface area contributed by atoms with Crippen LogP contribution in [0.25, 0.3) is 16.8 Å². The van der Waals surface area contributed by atoms with Crippen LogP contribution in [0.3, 0.4) is 0 Å². The van der Waals surface area contributed by atoms with Crippen LogP contribution >= 0.6 is 11.8 Å². The van der Waals surface area contributed by atoms with Crippen LogP contribution in [-0.4, -0.2) is 6.54 Å². The number of rotatable bonds is 4. The molecule has 1 aliphatic carbocycles. The van der Waals surface area contributed by atoms with Gasteiger partial charge >= 0.3 is 0 Å². The maximum Gasteiger partial charge on any atom is 0.213 e. The van der Waals surface area contributed by atoms with Crippen molar-refractivity contribution < 1.29 is 28.5 Å². The molecule has 0 atom stereocenters. The molecule has 0 saturated carbocycles. The van der Waals surface area contributed by atoms with E-state index in [2.05, 4.69) is 117 Å². The van der Waals surface area contributed by atoms with Crippen molar-refractivity contribution in [2.45, 2.75) is 58.9 Å². The maximum atomic E-state index is 2.45. The van der Waals surface area contributed by atoms with Gasteiger partial charge in [-0.3, -0.25) is 0 Å². The van der Waals surface area contributed by atoms with Crippen LogP contribution in [0.5, 0.6) is 0 Å². The second kappa shape index (κ2) is 10.5. The molecular formula is C31H35IN2S. The number of benzene rings is 2. The van der Waals surface area contributed by atoms with E-state index in [1.807, 2.05) is 11.8 Å². The van der Waals surface area contributed by atoms with E-state index in [9.17, 15) is 0 Å². The fourth-order valence-electron chi connectivity index (χ4n) is 5.51. The molecule has 4 heteroatoms. The number of pyridine rings is 1. The third-order valence-electron chi connectivity index (χ3n) is 6.95. The number of aromatic nitrogens is 1. The SMILES string of the molecule is CCN1C(=CC2=CC(=Cc3c4ccccc4c(C)c[n+]3CC)CC(C)(C)C2)Sc2ccccc21.[I-]. The lowest BCUT2D eigenvalue weighted by Crippen LogP contribution is -3.00. The number of anilines is 1. The molecule has 2 aromatic carbocycles. The van der Waals surface area contributed by atoms with Crippen LogP contribution in [0, 0.1) is 12.3 Å². The average Bonchev–Trinajstić information content (AvgIpc) is 3.16. The highest BCUT2D eigenvalue weighted by atomic mass is 127. The lowest BCUT2D eigenvalue weighted by molar-refractivity contribution is -0.694. The molecule has 2 nitrogen and oxygen atoms in total. The van der Waals surface area contributed by atoms with E-state index in [1.165, 1.54) is 48.8 Å². The van der Waals surface area contributed by atoms with Gasteiger partial charge in [0.25, 0.3) is 0 Å². The van der Waals surface area contributed by atoms with E-state index in [0.29, 0.717) is 0 Å². The molecule has 0 bridgehead atoms. The van der Waals surface area contributed by atoms with Crippen LogP contribution < -0.4 is 33.4 Å². The highest BCUT2D eigenvalue weighted by Crippen LogP contribution is 2.47. The molecule has 1 aliphatic heterocycles. The molecule has 2 aliphatic rings. The number of allylic oxidation sites excluding steroid dienone is 4. The highest BCUT2D eigenvalue weighted by molar-refractivity contribution is 8.03. The molecule has 0 unspecified atom stereocenters. The summed E-state index contributed by atoms with van der Waals surface area (Å²) in [6, 6.07) is 17.6. The van der Waals surface area contributed by atoms with Gasteiger partial charge in [0.05, 0.1) is 16.1 Å². The van der Waals surface area contributed by atoms with Crippen molar-refractivity contribution in [2.24, 2.45) is 5.41 Å². The van der Waals surface area contributed by atoms with Crippen LogP contribution in [0.4, 0.5) is 5.69 Å². The van der Waals surface area contributed by atoms with Crippen LogP contribution in [0.2, 0.25) is 0 Å². The Morgan fingerprint density at radius 3 is 2.43 bits per heavy atom. The Morgan fingerprint density at radius 2 is 1.69 bits per heavy atom. The normalized spacial score (nSPS) is 19.1. The van der Waals surface area contributed by atoms with Gasteiger partial charge in [0.15, 0.2) is 6.20 Å². The van der Waals surface area contributed by atoms with Crippen LogP contribution in [-0.2, 0) is 6.54 Å². The molecule has 0 spiro atoms. The second-order valence-electron chi connectivity index (χ2n) is 10.3. The average molecular weight is 595 g/mol. The van der Waals surface area contributed by atoms with Gasteiger partial charge in [0.1, 0.15) is 6.54 Å². The molecule has 182 valence electrons. The van der Waals surface area contributed by atoms with E-state index in [0.717, 1.165) is 25.9 Å². The number of halogens is 1. The third-order valence-corrected chi connectivity index (χ3v) is 8.06. The second-order valence-corrected chi connectivity index (χ2v) is 11.3. The minimum atomic E-state index is 0. The third kappa shape index (κ3) is 5.24. The standard InChI is InChI=1S/C31H35N2S.HI/c1-6-32-21-22(3)25-12-8-9-13-26(25)28(32)17-23-16-24(20-31(4,5)19-23)18-30-33(7-2)27-14-10-11-15-29(27)34-30;/h8-18,21H,6-7,19-20H2,1-5H3;1H/q+1;/p-1. The van der Waals surface area contributed by atoms with Gasteiger partial charge in [-0.25, -0.2) is 0 Å². The molecule has 5 rings (SSSR count). The Labute approximate surface area is 231 Å². The number of fused-ring (bicyclic) bond motifs is 2. The van der Waals surface area contributed by atoms with E-state index < -0.39 is 0 Å². The van der Waals surface area contributed by atoms with Crippen molar-refractivity contribution in [3.63, 3.8) is 0 Å². The first-order valence-electron chi connectivity index (χ1n) is 12.5. The zero-order valence-electron chi connectivity index (χ0n) is 21.4. The number of hydrogen-bond acceptors (Lipinski definition) is 2. The monoisotopic (exact) mass is 594 g/mol. The van der Waals surface area contributed by atoms with Crippen molar-refractivity contribution in [3.8, 4) is 0 Å². The van der Waals surface area contributed by atoms with Gasteiger partial charge in [-0.05, 0) is 79.8 Å². The van der Waals surface area contributed by atoms with Gasteiger partial charge in [0.2, 0.25) is 5.69 Å². The molecule has 0 amide bonds. The largest absolute Gasteiger partial charge is 1.00 e. The minimum absolute atomic E-state index is 0. The molecule has 0 saturated heterocycles. The van der Waals surface area contributed by atoms with Crippen LogP contribution in [0.1, 0.15) is 51.8 Å². The highest BCUT2D eigenvalue weighted by Gasteiger charge is 2.28. The van der Waals surface area contributed by atoms with Crippen molar-refractivity contribution in [1.82, 2.24) is 0 Å². The number of hydrogen-bond donors (Lipinski definition) is 0. The first-order chi connectivity index (χ1) is 16.4. The summed E-state index contributed by atoms with van der Waals surface area (Å²) in [5, 5.41) is 4.03. The van der Waals surface area contributed by atoms with E-state index in [4.69, 9.17) is 0 Å². The number of nitrogens with zero attached hydrogens (tertiary/aromatic N) is 2. The molecule has 0 fully saturated rings. The first kappa shape index (κ1) is 26.0. The van der Waals surface area contributed by atoms with Crippen molar-refractivity contribution in [3.05, 3.63) is 94.3 Å². The van der Waals surface area contributed by atoms with E-state index >= 15 is 0 Å². The summed E-state index contributed by atoms with van der Waals surface area (Å²) < 4.78 is 2.40. The summed E-state index contributed by atoms with van der Waals surface area (Å²) in [6.07, 6.45) is 11.8. The van der Waals surface area contributed by atoms with E-state index in [-0.39, 0.29) is 29.4 Å². The lowest BCUT2D eigenvalue weighted by atomic mass is 9.75. The predicted molar refractivity (Wildman–Crippen MR) is 147 cm³/mol. The summed E-state index contributed by atoms with van der Waals surface area (Å²) in [7, 11) is 0. The van der Waals surface area contributed by atoms with Crippen molar-refractivity contribution in [1.29, 1.82) is 0 Å². The van der Waals surface area contributed by atoms with Crippen molar-refractivity contribution >= 4 is 34.3 Å². The van der Waals surface area contributed by atoms with Gasteiger partial charge in [-0.2, -0.15) is 4.57 Å². The number of para-hydroxylation sites is 1. The fraction of sp³-hybridized carbons (Fsp3) is 0.323. The first-order valence-corrected chi connectivity index (χ1v) is 13.3. The summed E-state index contributed by atoms with van der Waals surface area (Å²) >= 11 is 1.90. The van der Waals surface area contributed by atoms with Crippen LogP contribution in [0.15, 0.2) is 88.0 Å². The predicted octanol–water partition coefficient (Wildman–Crippen LogP) is 5.06. The molecule has 0 radical (unpaired) electrons. The zero-order valence-corrected chi connectivity index (χ0v) is 24.4. The smallest absolute Gasteiger partial charge is 0.213 e. The Balaban J connectivity index is 0.00000289. The molecule has 0 N–H and O–H groups in total. The van der Waals surface area contributed by atoms with E-state index in [1.54, 1.807) is 0 Å². The number of aryl methyl sites for hydroxylation is 2. The minimum Gasteiger partial charge on any atom is -1.00 e. The quantitative estimate of drug-likeness (QED) is 0.308. The van der Waals surface area contributed by atoms with Crippen molar-refractivity contribution in [2.75, 3.05) is 11.4 Å². The van der Waals surface area contributed by atoms with Gasteiger partial charge in [-0.1, -0.05) is 62.0 Å². The van der Waals surface area contributed by atoms with Gasteiger partial charge < -0.3 is 28.9 Å². The molecule has 3 aromatic rings. The topological polar surface area (TPSA) is 7.12 Å². The Kier molecular flexibility index (Phi) is 7.82. The lowest BCUT2D eigenvalue weighted by Gasteiger charge is -2.31. The Morgan fingerprint density at radius 1 is 0.971 bits per heavy atom. The number of thioether (sulfide) groups is 1. The fourth-order valence-corrected chi connectivity index (χ4v) is 6.72. The molecule has 2 heterocycles. The Hall–Kier alpha value is -2.05. The zero-order chi connectivity index (χ0) is 23.9. The van der Waals surface area contributed by atoms with Gasteiger partial charge in [0, 0.05) is 23.1 Å². The summed E-state index contributed by atoms with van der Waals surface area (Å²) in [4.78, 5) is 3.81. The summed E-state index contributed by atoms with van der Waals surface area (Å²) in [5.41, 5.74) is 7.07. The summed E-state index contributed by atoms with van der Waals surface area (Å²) in [5.74, 6) is 0. The molecule has 1 aromatic heterocycles. The Bertz CT molecular complexity index is 1350.